The van der Waals surface area contributed by atoms with Crippen LogP contribution < -0.4 is 14.2 Å². The minimum Gasteiger partial charge on any atom is -0.497 e. The van der Waals surface area contributed by atoms with Gasteiger partial charge < -0.3 is 23.8 Å². The molecule has 0 unspecified atom stereocenters. The lowest BCUT2D eigenvalue weighted by atomic mass is 10.1. The summed E-state index contributed by atoms with van der Waals surface area (Å²) >= 11 is 0. The summed E-state index contributed by atoms with van der Waals surface area (Å²) in [5.74, 6) is 0.126. The summed E-state index contributed by atoms with van der Waals surface area (Å²) in [4.78, 5) is 26.6. The van der Waals surface area contributed by atoms with Crippen molar-refractivity contribution < 1.29 is 28.5 Å². The van der Waals surface area contributed by atoms with Crippen LogP contribution >= 0.6 is 0 Å². The lowest BCUT2D eigenvalue weighted by Crippen LogP contribution is -2.41. The smallest absolute Gasteiger partial charge is 0.343 e. The highest BCUT2D eigenvalue weighted by atomic mass is 16.6. The van der Waals surface area contributed by atoms with Crippen molar-refractivity contribution in [1.29, 1.82) is 5.26 Å². The van der Waals surface area contributed by atoms with Crippen LogP contribution in [-0.4, -0.2) is 57.3 Å². The first-order valence-corrected chi connectivity index (χ1v) is 9.59. The van der Waals surface area contributed by atoms with Gasteiger partial charge in [0, 0.05) is 13.1 Å². The Balaban J connectivity index is 1.80. The molecule has 1 heterocycles. The number of nitrogens with zero attached hydrogens (tertiary/aromatic N) is 2. The summed E-state index contributed by atoms with van der Waals surface area (Å²) in [6, 6.07) is 13.3. The third-order valence-electron chi connectivity index (χ3n) is 4.66. The Morgan fingerprint density at radius 1 is 1.06 bits per heavy atom. The summed E-state index contributed by atoms with van der Waals surface area (Å²) < 4.78 is 21.2. The molecule has 1 aliphatic rings. The largest absolute Gasteiger partial charge is 0.497 e. The van der Waals surface area contributed by atoms with Gasteiger partial charge in [-0.25, -0.2) is 4.79 Å². The Labute approximate surface area is 180 Å². The fourth-order valence-electron chi connectivity index (χ4n) is 3.01. The lowest BCUT2D eigenvalue weighted by molar-refractivity contribution is -0.130. The molecule has 3 rings (SSSR count). The number of amides is 1. The Kier molecular flexibility index (Phi) is 7.25. The molecule has 0 atom stereocenters. The maximum absolute atomic E-state index is 12.6. The standard InChI is InChI=1S/C23H22N2O6/c1-28-19-5-3-4-17(14-19)23(27)31-20-7-6-16(13-21(20)29-2)12-18(15-24)22(26)25-8-10-30-11-9-25/h3-7,12-14H,8-11H2,1-2H3/b18-12+. The maximum Gasteiger partial charge on any atom is 0.343 e. The fraction of sp³-hybridized carbons (Fsp3) is 0.261. The Morgan fingerprint density at radius 3 is 2.52 bits per heavy atom. The van der Waals surface area contributed by atoms with Crippen molar-refractivity contribution >= 4 is 18.0 Å². The highest BCUT2D eigenvalue weighted by Gasteiger charge is 2.21. The monoisotopic (exact) mass is 422 g/mol. The minimum absolute atomic E-state index is 0.00470. The third kappa shape index (κ3) is 5.41. The average molecular weight is 422 g/mol. The van der Waals surface area contributed by atoms with E-state index < -0.39 is 5.97 Å². The molecule has 1 amide bonds. The van der Waals surface area contributed by atoms with Gasteiger partial charge in [0.1, 0.15) is 17.4 Å². The summed E-state index contributed by atoms with van der Waals surface area (Å²) in [5, 5.41) is 9.45. The van der Waals surface area contributed by atoms with Crippen LogP contribution in [0.2, 0.25) is 0 Å². The molecule has 0 spiro atoms. The van der Waals surface area contributed by atoms with Crippen molar-refractivity contribution in [3.05, 3.63) is 59.2 Å². The topological polar surface area (TPSA) is 98.1 Å². The van der Waals surface area contributed by atoms with Gasteiger partial charge in [0.05, 0.1) is 33.0 Å². The van der Waals surface area contributed by atoms with Crippen molar-refractivity contribution in [1.82, 2.24) is 4.90 Å². The van der Waals surface area contributed by atoms with E-state index in [4.69, 9.17) is 18.9 Å². The third-order valence-corrected chi connectivity index (χ3v) is 4.66. The molecule has 8 heteroatoms. The van der Waals surface area contributed by atoms with Crippen LogP contribution in [0.4, 0.5) is 0 Å². The summed E-state index contributed by atoms with van der Waals surface area (Å²) in [6.07, 6.45) is 1.48. The van der Waals surface area contributed by atoms with Crippen LogP contribution in [-0.2, 0) is 9.53 Å². The van der Waals surface area contributed by atoms with Crippen LogP contribution in [0.3, 0.4) is 0 Å². The molecule has 2 aromatic carbocycles. The van der Waals surface area contributed by atoms with E-state index in [-0.39, 0.29) is 17.2 Å². The Morgan fingerprint density at radius 2 is 1.84 bits per heavy atom. The van der Waals surface area contributed by atoms with Crippen LogP contribution in [0.25, 0.3) is 6.08 Å². The number of methoxy groups -OCH3 is 2. The first-order valence-electron chi connectivity index (χ1n) is 9.59. The van der Waals surface area contributed by atoms with Gasteiger partial charge in [0.15, 0.2) is 11.5 Å². The van der Waals surface area contributed by atoms with Crippen molar-refractivity contribution in [2.24, 2.45) is 0 Å². The lowest BCUT2D eigenvalue weighted by Gasteiger charge is -2.26. The predicted octanol–water partition coefficient (Wildman–Crippen LogP) is 2.69. The van der Waals surface area contributed by atoms with E-state index in [1.165, 1.54) is 20.3 Å². The van der Waals surface area contributed by atoms with Gasteiger partial charge in [-0.2, -0.15) is 5.26 Å². The molecule has 0 saturated carbocycles. The van der Waals surface area contributed by atoms with Crippen molar-refractivity contribution in [2.45, 2.75) is 0 Å². The van der Waals surface area contributed by atoms with E-state index in [1.54, 1.807) is 47.4 Å². The van der Waals surface area contributed by atoms with E-state index in [1.807, 2.05) is 6.07 Å². The summed E-state index contributed by atoms with van der Waals surface area (Å²) in [6.45, 7) is 1.79. The number of nitriles is 1. The number of esters is 1. The van der Waals surface area contributed by atoms with E-state index in [9.17, 15) is 14.9 Å². The maximum atomic E-state index is 12.6. The molecule has 0 aromatic heterocycles. The molecule has 0 aliphatic carbocycles. The molecule has 160 valence electrons. The van der Waals surface area contributed by atoms with Crippen LogP contribution in [0.5, 0.6) is 17.2 Å². The van der Waals surface area contributed by atoms with Gasteiger partial charge in [0.2, 0.25) is 0 Å². The Bertz CT molecular complexity index is 1030. The number of hydrogen-bond acceptors (Lipinski definition) is 7. The molecule has 1 fully saturated rings. The number of benzene rings is 2. The van der Waals surface area contributed by atoms with E-state index in [0.29, 0.717) is 48.9 Å². The van der Waals surface area contributed by atoms with Crippen LogP contribution in [0.15, 0.2) is 48.0 Å². The summed E-state index contributed by atoms with van der Waals surface area (Å²) in [5.41, 5.74) is 0.898. The van der Waals surface area contributed by atoms with Gasteiger partial charge in [-0.05, 0) is 42.0 Å². The zero-order valence-corrected chi connectivity index (χ0v) is 17.3. The quantitative estimate of drug-likeness (QED) is 0.305. The molecule has 31 heavy (non-hydrogen) atoms. The molecule has 0 bridgehead atoms. The second-order valence-corrected chi connectivity index (χ2v) is 6.61. The first-order chi connectivity index (χ1) is 15.0. The molecule has 8 nitrogen and oxygen atoms in total. The number of ether oxygens (including phenoxy) is 4. The second kappa shape index (κ2) is 10.3. The van der Waals surface area contributed by atoms with Crippen LogP contribution in [0.1, 0.15) is 15.9 Å². The SMILES string of the molecule is COc1cccc(C(=O)Oc2ccc(/C=C(\C#N)C(=O)N3CCOCC3)cc2OC)c1. The molecule has 2 aromatic rings. The van der Waals surface area contributed by atoms with Crippen molar-refractivity contribution in [3.63, 3.8) is 0 Å². The van der Waals surface area contributed by atoms with Gasteiger partial charge in [-0.15, -0.1) is 0 Å². The number of hydrogen-bond donors (Lipinski definition) is 0. The van der Waals surface area contributed by atoms with Crippen molar-refractivity contribution in [2.75, 3.05) is 40.5 Å². The highest BCUT2D eigenvalue weighted by molar-refractivity contribution is 6.01. The fourth-order valence-corrected chi connectivity index (χ4v) is 3.01. The normalized spacial score (nSPS) is 13.8. The van der Waals surface area contributed by atoms with Crippen LogP contribution in [0, 0.1) is 11.3 Å². The van der Waals surface area contributed by atoms with Gasteiger partial charge in [0.25, 0.3) is 5.91 Å². The Hall–Kier alpha value is -3.83. The zero-order chi connectivity index (χ0) is 22.2. The number of carbonyl (C=O) groups excluding carboxylic acids is 2. The molecule has 0 N–H and O–H groups in total. The molecular weight excluding hydrogens is 400 g/mol. The number of carbonyl (C=O) groups is 2. The highest BCUT2D eigenvalue weighted by Crippen LogP contribution is 2.30. The molecule has 0 radical (unpaired) electrons. The molecule has 1 saturated heterocycles. The number of morpholine rings is 1. The van der Waals surface area contributed by atoms with E-state index in [0.717, 1.165) is 0 Å². The zero-order valence-electron chi connectivity index (χ0n) is 17.3. The predicted molar refractivity (Wildman–Crippen MR) is 112 cm³/mol. The molecular formula is C23H22N2O6. The van der Waals surface area contributed by atoms with E-state index >= 15 is 0 Å². The van der Waals surface area contributed by atoms with Gasteiger partial charge >= 0.3 is 5.97 Å². The second-order valence-electron chi connectivity index (χ2n) is 6.61. The summed E-state index contributed by atoms with van der Waals surface area (Å²) in [7, 11) is 2.95. The van der Waals surface area contributed by atoms with Gasteiger partial charge in [-0.1, -0.05) is 12.1 Å². The molecule has 1 aliphatic heterocycles. The average Bonchev–Trinajstić information content (AvgIpc) is 2.83. The number of rotatable bonds is 6. The van der Waals surface area contributed by atoms with Crippen molar-refractivity contribution in [3.8, 4) is 23.3 Å². The minimum atomic E-state index is -0.569. The first kappa shape index (κ1) is 21.9. The van der Waals surface area contributed by atoms with Gasteiger partial charge in [-0.3, -0.25) is 4.79 Å². The van der Waals surface area contributed by atoms with E-state index in [2.05, 4.69) is 0 Å².